The SMILES string of the molecule is Cc1ccc(-c2ccc3c(c2)NCCC3)c(C)c1. The minimum Gasteiger partial charge on any atom is -0.385 e. The first kappa shape index (κ1) is 11.3. The van der Waals surface area contributed by atoms with Crippen molar-refractivity contribution in [1.82, 2.24) is 0 Å². The van der Waals surface area contributed by atoms with Crippen LogP contribution in [0.25, 0.3) is 11.1 Å². The van der Waals surface area contributed by atoms with Crippen molar-refractivity contribution in [2.45, 2.75) is 26.7 Å². The number of hydrogen-bond donors (Lipinski definition) is 1. The molecule has 0 aromatic heterocycles. The van der Waals surface area contributed by atoms with Crippen LogP contribution in [0, 0.1) is 13.8 Å². The molecule has 0 unspecified atom stereocenters. The summed E-state index contributed by atoms with van der Waals surface area (Å²) in [5, 5.41) is 3.50. The molecule has 0 spiro atoms. The first-order chi connectivity index (χ1) is 8.74. The molecular weight excluding hydrogens is 218 g/mol. The Hall–Kier alpha value is -1.76. The maximum Gasteiger partial charge on any atom is 0.0378 e. The van der Waals surface area contributed by atoms with E-state index in [2.05, 4.69) is 55.6 Å². The molecule has 0 saturated carbocycles. The molecule has 18 heavy (non-hydrogen) atoms. The summed E-state index contributed by atoms with van der Waals surface area (Å²) in [5.74, 6) is 0. The standard InChI is InChI=1S/C17H19N/c1-12-5-8-16(13(2)10-12)15-7-6-14-4-3-9-18-17(14)11-15/h5-8,10-11,18H,3-4,9H2,1-2H3. The molecule has 0 atom stereocenters. The summed E-state index contributed by atoms with van der Waals surface area (Å²) < 4.78 is 0. The minimum absolute atomic E-state index is 1.10. The molecule has 1 aliphatic heterocycles. The van der Waals surface area contributed by atoms with Crippen molar-refractivity contribution < 1.29 is 0 Å². The molecule has 1 heteroatoms. The predicted octanol–water partition coefficient (Wildman–Crippen LogP) is 4.33. The van der Waals surface area contributed by atoms with E-state index in [0.717, 1.165) is 6.54 Å². The van der Waals surface area contributed by atoms with Gasteiger partial charge in [-0.05, 0) is 55.0 Å². The highest BCUT2D eigenvalue weighted by atomic mass is 14.9. The number of rotatable bonds is 1. The number of nitrogens with one attached hydrogen (secondary N) is 1. The van der Waals surface area contributed by atoms with Gasteiger partial charge in [-0.3, -0.25) is 0 Å². The van der Waals surface area contributed by atoms with Gasteiger partial charge in [0.15, 0.2) is 0 Å². The molecule has 0 fully saturated rings. The summed E-state index contributed by atoms with van der Waals surface area (Å²) in [6, 6.07) is 13.5. The molecule has 2 aromatic rings. The molecule has 1 heterocycles. The summed E-state index contributed by atoms with van der Waals surface area (Å²) in [7, 11) is 0. The largest absolute Gasteiger partial charge is 0.385 e. The Morgan fingerprint density at radius 3 is 2.72 bits per heavy atom. The number of hydrogen-bond acceptors (Lipinski definition) is 1. The van der Waals surface area contributed by atoms with Gasteiger partial charge in [-0.1, -0.05) is 35.9 Å². The molecule has 0 aliphatic carbocycles. The van der Waals surface area contributed by atoms with Crippen LogP contribution in [0.2, 0.25) is 0 Å². The second-order valence-corrected chi connectivity index (χ2v) is 5.22. The Balaban J connectivity index is 2.06. The number of anilines is 1. The molecule has 1 aliphatic rings. The van der Waals surface area contributed by atoms with Crippen molar-refractivity contribution in [3.63, 3.8) is 0 Å². The van der Waals surface area contributed by atoms with Crippen molar-refractivity contribution >= 4 is 5.69 Å². The van der Waals surface area contributed by atoms with Crippen LogP contribution in [-0.4, -0.2) is 6.54 Å². The topological polar surface area (TPSA) is 12.0 Å². The van der Waals surface area contributed by atoms with Gasteiger partial charge >= 0.3 is 0 Å². The molecular formula is C17H19N. The highest BCUT2D eigenvalue weighted by Crippen LogP contribution is 2.30. The zero-order chi connectivity index (χ0) is 12.5. The van der Waals surface area contributed by atoms with E-state index in [0.29, 0.717) is 0 Å². The van der Waals surface area contributed by atoms with Crippen LogP contribution in [0.3, 0.4) is 0 Å². The fourth-order valence-electron chi connectivity index (χ4n) is 2.77. The molecule has 0 saturated heterocycles. The summed E-state index contributed by atoms with van der Waals surface area (Å²) in [6.07, 6.45) is 2.45. The number of fused-ring (bicyclic) bond motifs is 1. The third kappa shape index (κ3) is 2.01. The van der Waals surface area contributed by atoms with E-state index in [9.17, 15) is 0 Å². The zero-order valence-corrected chi connectivity index (χ0v) is 11.1. The van der Waals surface area contributed by atoms with Gasteiger partial charge in [0, 0.05) is 12.2 Å². The summed E-state index contributed by atoms with van der Waals surface area (Å²) in [6.45, 7) is 5.43. The van der Waals surface area contributed by atoms with E-state index in [1.165, 1.54) is 46.3 Å². The van der Waals surface area contributed by atoms with E-state index in [-0.39, 0.29) is 0 Å². The van der Waals surface area contributed by atoms with Crippen LogP contribution in [0.5, 0.6) is 0 Å². The van der Waals surface area contributed by atoms with Crippen LogP contribution in [0.1, 0.15) is 23.1 Å². The molecule has 1 nitrogen and oxygen atoms in total. The molecule has 0 radical (unpaired) electrons. The van der Waals surface area contributed by atoms with Crippen LogP contribution in [0.4, 0.5) is 5.69 Å². The lowest BCUT2D eigenvalue weighted by Crippen LogP contribution is -2.11. The van der Waals surface area contributed by atoms with Gasteiger partial charge in [0.1, 0.15) is 0 Å². The zero-order valence-electron chi connectivity index (χ0n) is 11.1. The lowest BCUT2D eigenvalue weighted by molar-refractivity contribution is 0.830. The smallest absolute Gasteiger partial charge is 0.0378 e. The first-order valence-electron chi connectivity index (χ1n) is 6.68. The lowest BCUT2D eigenvalue weighted by Gasteiger charge is -2.19. The Morgan fingerprint density at radius 2 is 1.89 bits per heavy atom. The van der Waals surface area contributed by atoms with Crippen LogP contribution in [0.15, 0.2) is 36.4 Å². The summed E-state index contributed by atoms with van der Waals surface area (Å²) in [4.78, 5) is 0. The van der Waals surface area contributed by atoms with E-state index >= 15 is 0 Å². The van der Waals surface area contributed by atoms with Crippen LogP contribution in [-0.2, 0) is 6.42 Å². The molecule has 3 rings (SSSR count). The highest BCUT2D eigenvalue weighted by molar-refractivity contribution is 5.73. The van der Waals surface area contributed by atoms with Crippen LogP contribution >= 0.6 is 0 Å². The number of aryl methyl sites for hydroxylation is 3. The minimum atomic E-state index is 1.10. The molecule has 1 N–H and O–H groups in total. The van der Waals surface area contributed by atoms with E-state index in [4.69, 9.17) is 0 Å². The second kappa shape index (κ2) is 4.49. The maximum atomic E-state index is 3.50. The maximum absolute atomic E-state index is 3.50. The first-order valence-corrected chi connectivity index (χ1v) is 6.68. The van der Waals surface area contributed by atoms with Crippen molar-refractivity contribution in [2.75, 3.05) is 11.9 Å². The van der Waals surface area contributed by atoms with Gasteiger partial charge in [-0.25, -0.2) is 0 Å². The second-order valence-electron chi connectivity index (χ2n) is 5.22. The van der Waals surface area contributed by atoms with Crippen molar-refractivity contribution in [3.05, 3.63) is 53.1 Å². The predicted molar refractivity (Wildman–Crippen MR) is 78.2 cm³/mol. The van der Waals surface area contributed by atoms with Crippen molar-refractivity contribution in [1.29, 1.82) is 0 Å². The van der Waals surface area contributed by atoms with Gasteiger partial charge in [0.05, 0.1) is 0 Å². The quantitative estimate of drug-likeness (QED) is 0.778. The Bertz CT molecular complexity index is 584. The van der Waals surface area contributed by atoms with Gasteiger partial charge in [0.2, 0.25) is 0 Å². The molecule has 92 valence electrons. The van der Waals surface area contributed by atoms with Gasteiger partial charge in [-0.15, -0.1) is 0 Å². The Labute approximate surface area is 109 Å². The molecule has 2 aromatic carbocycles. The van der Waals surface area contributed by atoms with Gasteiger partial charge in [-0.2, -0.15) is 0 Å². The monoisotopic (exact) mass is 237 g/mol. The highest BCUT2D eigenvalue weighted by Gasteiger charge is 2.10. The van der Waals surface area contributed by atoms with E-state index in [1.807, 2.05) is 0 Å². The summed E-state index contributed by atoms with van der Waals surface area (Å²) in [5.41, 5.74) is 8.11. The average molecular weight is 237 g/mol. The summed E-state index contributed by atoms with van der Waals surface area (Å²) >= 11 is 0. The Morgan fingerprint density at radius 1 is 1.00 bits per heavy atom. The molecule has 0 bridgehead atoms. The van der Waals surface area contributed by atoms with E-state index < -0.39 is 0 Å². The lowest BCUT2D eigenvalue weighted by atomic mass is 9.95. The van der Waals surface area contributed by atoms with E-state index in [1.54, 1.807) is 0 Å². The van der Waals surface area contributed by atoms with Gasteiger partial charge < -0.3 is 5.32 Å². The van der Waals surface area contributed by atoms with Crippen LogP contribution < -0.4 is 5.32 Å². The average Bonchev–Trinajstić information content (AvgIpc) is 2.38. The fourth-order valence-corrected chi connectivity index (χ4v) is 2.77. The van der Waals surface area contributed by atoms with Gasteiger partial charge in [0.25, 0.3) is 0 Å². The van der Waals surface area contributed by atoms with Crippen molar-refractivity contribution in [2.24, 2.45) is 0 Å². The van der Waals surface area contributed by atoms with Crippen molar-refractivity contribution in [3.8, 4) is 11.1 Å². The fraction of sp³-hybridized carbons (Fsp3) is 0.294. The Kier molecular flexibility index (Phi) is 2.83. The normalized spacial score (nSPS) is 13.9. The molecule has 0 amide bonds. The third-order valence-corrected chi connectivity index (χ3v) is 3.74. The third-order valence-electron chi connectivity index (χ3n) is 3.74. The number of benzene rings is 2.